The Balaban J connectivity index is 2.30. The number of rotatable bonds is 9. The van der Waals surface area contributed by atoms with Crippen molar-refractivity contribution < 1.29 is 19.1 Å². The first-order valence-electron chi connectivity index (χ1n) is 11.3. The summed E-state index contributed by atoms with van der Waals surface area (Å²) in [5.41, 5.74) is 1.94. The maximum Gasteiger partial charge on any atom is 0.408 e. The first-order valence-corrected chi connectivity index (χ1v) is 11.3. The summed E-state index contributed by atoms with van der Waals surface area (Å²) in [5, 5.41) is 5.51. The zero-order chi connectivity index (χ0) is 25.3. The molecule has 0 aliphatic carbocycles. The molecule has 0 spiro atoms. The zero-order valence-corrected chi connectivity index (χ0v) is 20.6. The van der Waals surface area contributed by atoms with Gasteiger partial charge in [-0.2, -0.15) is 0 Å². The molecule has 2 atom stereocenters. The van der Waals surface area contributed by atoms with Gasteiger partial charge in [0.1, 0.15) is 17.7 Å². The first kappa shape index (κ1) is 26.6. The minimum absolute atomic E-state index is 0.121. The van der Waals surface area contributed by atoms with Crippen LogP contribution < -0.4 is 10.6 Å². The average molecular weight is 466 g/mol. The Labute approximate surface area is 202 Å². The third kappa shape index (κ3) is 8.06. The lowest BCUT2D eigenvalue weighted by molar-refractivity contribution is -0.141. The Bertz CT molecular complexity index is 981. The molecule has 2 N–H and O–H groups in total. The summed E-state index contributed by atoms with van der Waals surface area (Å²) in [6.07, 6.45) is 0.858. The van der Waals surface area contributed by atoms with E-state index in [2.05, 4.69) is 17.2 Å². The monoisotopic (exact) mass is 465 g/mol. The predicted molar refractivity (Wildman–Crippen MR) is 133 cm³/mol. The summed E-state index contributed by atoms with van der Waals surface area (Å²) in [6, 6.07) is 15.2. The molecule has 7 heteroatoms. The van der Waals surface area contributed by atoms with Crippen LogP contribution in [0.1, 0.15) is 50.4 Å². The van der Waals surface area contributed by atoms with Crippen LogP contribution in [0.5, 0.6) is 0 Å². The van der Waals surface area contributed by atoms with Crippen molar-refractivity contribution in [3.8, 4) is 0 Å². The lowest BCUT2D eigenvalue weighted by atomic mass is 10.0. The minimum Gasteiger partial charge on any atom is -0.444 e. The van der Waals surface area contributed by atoms with E-state index in [1.54, 1.807) is 33.8 Å². The van der Waals surface area contributed by atoms with Crippen molar-refractivity contribution in [3.63, 3.8) is 0 Å². The summed E-state index contributed by atoms with van der Waals surface area (Å²) in [5.74, 6) is -0.751. The van der Waals surface area contributed by atoms with Crippen molar-refractivity contribution in [2.45, 2.75) is 58.8 Å². The van der Waals surface area contributed by atoms with Gasteiger partial charge in [-0.1, -0.05) is 66.2 Å². The molecule has 3 amide bonds. The van der Waals surface area contributed by atoms with Gasteiger partial charge in [0, 0.05) is 13.1 Å². The molecule has 0 aliphatic rings. The minimum atomic E-state index is -0.912. The first-order chi connectivity index (χ1) is 16.0. The van der Waals surface area contributed by atoms with Gasteiger partial charge in [0.05, 0.1) is 0 Å². The average Bonchev–Trinajstić information content (AvgIpc) is 2.77. The van der Waals surface area contributed by atoms with Crippen molar-refractivity contribution in [3.05, 3.63) is 83.9 Å². The summed E-state index contributed by atoms with van der Waals surface area (Å²) < 4.78 is 5.27. The number of amides is 3. The lowest BCUT2D eigenvalue weighted by Gasteiger charge is -2.33. The number of carbonyl (C=O) groups excluding carboxylic acids is 3. The Morgan fingerprint density at radius 1 is 1.06 bits per heavy atom. The molecular formula is C27H35N3O4. The van der Waals surface area contributed by atoms with Crippen LogP contribution >= 0.6 is 0 Å². The highest BCUT2D eigenvalue weighted by molar-refractivity contribution is 5.92. The topological polar surface area (TPSA) is 87.7 Å². The highest BCUT2D eigenvalue weighted by Crippen LogP contribution is 2.23. The summed E-state index contributed by atoms with van der Waals surface area (Å²) in [4.78, 5) is 40.5. The SMILES string of the molecule is C=CCN(C(=O)C(C)NC(=O)OC(C)(C)C)C(C(=O)NCc1ccccc1)c1ccc(C)cc1. The van der Waals surface area contributed by atoms with Crippen molar-refractivity contribution in [2.24, 2.45) is 0 Å². The molecule has 34 heavy (non-hydrogen) atoms. The highest BCUT2D eigenvalue weighted by Gasteiger charge is 2.34. The van der Waals surface area contributed by atoms with E-state index in [0.29, 0.717) is 12.1 Å². The van der Waals surface area contributed by atoms with E-state index in [9.17, 15) is 14.4 Å². The van der Waals surface area contributed by atoms with E-state index in [-0.39, 0.29) is 12.5 Å². The van der Waals surface area contributed by atoms with Gasteiger partial charge in [-0.3, -0.25) is 9.59 Å². The number of alkyl carbamates (subject to hydrolysis) is 1. The number of hydrogen-bond donors (Lipinski definition) is 2. The smallest absolute Gasteiger partial charge is 0.408 e. The lowest BCUT2D eigenvalue weighted by Crippen LogP contribution is -2.51. The van der Waals surface area contributed by atoms with Gasteiger partial charge in [0.2, 0.25) is 11.8 Å². The maximum absolute atomic E-state index is 13.4. The second-order valence-corrected chi connectivity index (χ2v) is 9.16. The Kier molecular flexibility index (Phi) is 9.42. The van der Waals surface area contributed by atoms with Crippen LogP contribution in [-0.4, -0.2) is 41.0 Å². The summed E-state index contributed by atoms with van der Waals surface area (Å²) in [6.45, 7) is 13.0. The Hall–Kier alpha value is -3.61. The summed E-state index contributed by atoms with van der Waals surface area (Å²) in [7, 11) is 0. The molecule has 182 valence electrons. The molecule has 0 heterocycles. The maximum atomic E-state index is 13.4. The predicted octanol–water partition coefficient (Wildman–Crippen LogP) is 4.28. The second-order valence-electron chi connectivity index (χ2n) is 9.16. The number of ether oxygens (including phenoxy) is 1. The number of hydrogen-bond acceptors (Lipinski definition) is 4. The fourth-order valence-corrected chi connectivity index (χ4v) is 3.36. The standard InChI is InChI=1S/C27H35N3O4/c1-7-17-30(25(32)20(3)29-26(33)34-27(4,5)6)23(22-15-13-19(2)14-16-22)24(31)28-18-21-11-9-8-10-12-21/h7-16,20,23H,1,17-18H2,2-6H3,(H,28,31)(H,29,33). The van der Waals surface area contributed by atoms with Crippen LogP contribution in [0.3, 0.4) is 0 Å². The van der Waals surface area contributed by atoms with Gasteiger partial charge in [-0.15, -0.1) is 6.58 Å². The fraction of sp³-hybridized carbons (Fsp3) is 0.370. The molecule has 0 saturated carbocycles. The van der Waals surface area contributed by atoms with E-state index in [4.69, 9.17) is 4.74 Å². The van der Waals surface area contributed by atoms with Gasteiger partial charge in [0.15, 0.2) is 0 Å². The molecule has 0 bridgehead atoms. The van der Waals surface area contributed by atoms with Crippen LogP contribution in [0.25, 0.3) is 0 Å². The fourth-order valence-electron chi connectivity index (χ4n) is 3.36. The van der Waals surface area contributed by atoms with Crippen LogP contribution in [0.15, 0.2) is 67.3 Å². The highest BCUT2D eigenvalue weighted by atomic mass is 16.6. The molecule has 2 rings (SSSR count). The van der Waals surface area contributed by atoms with E-state index < -0.39 is 29.7 Å². The van der Waals surface area contributed by atoms with Gasteiger partial charge >= 0.3 is 6.09 Å². The van der Waals surface area contributed by atoms with E-state index in [1.165, 1.54) is 4.90 Å². The molecule has 0 fully saturated rings. The quantitative estimate of drug-likeness (QED) is 0.541. The van der Waals surface area contributed by atoms with E-state index in [1.807, 2.05) is 61.5 Å². The molecule has 0 radical (unpaired) electrons. The number of nitrogens with one attached hydrogen (secondary N) is 2. The molecule has 7 nitrogen and oxygen atoms in total. The van der Waals surface area contributed by atoms with Gasteiger partial charge in [0.25, 0.3) is 0 Å². The number of nitrogens with zero attached hydrogens (tertiary/aromatic N) is 1. The molecule has 2 aromatic rings. The largest absolute Gasteiger partial charge is 0.444 e. The van der Waals surface area contributed by atoms with Gasteiger partial charge in [-0.25, -0.2) is 4.79 Å². The molecule has 0 aromatic heterocycles. The van der Waals surface area contributed by atoms with Gasteiger partial charge in [-0.05, 0) is 45.7 Å². The van der Waals surface area contributed by atoms with Crippen molar-refractivity contribution in [1.82, 2.24) is 15.5 Å². The molecule has 2 unspecified atom stereocenters. The van der Waals surface area contributed by atoms with Crippen molar-refractivity contribution in [1.29, 1.82) is 0 Å². The van der Waals surface area contributed by atoms with Crippen LogP contribution in [0.2, 0.25) is 0 Å². The number of aryl methyl sites for hydroxylation is 1. The molecule has 2 aromatic carbocycles. The summed E-state index contributed by atoms with van der Waals surface area (Å²) >= 11 is 0. The van der Waals surface area contributed by atoms with Crippen LogP contribution in [-0.2, 0) is 20.9 Å². The van der Waals surface area contributed by atoms with E-state index in [0.717, 1.165) is 11.1 Å². The third-order valence-corrected chi connectivity index (χ3v) is 4.98. The van der Waals surface area contributed by atoms with Crippen molar-refractivity contribution in [2.75, 3.05) is 6.54 Å². The number of benzene rings is 2. The van der Waals surface area contributed by atoms with E-state index >= 15 is 0 Å². The Morgan fingerprint density at radius 3 is 2.24 bits per heavy atom. The van der Waals surface area contributed by atoms with Crippen LogP contribution in [0.4, 0.5) is 4.79 Å². The van der Waals surface area contributed by atoms with Crippen LogP contribution in [0, 0.1) is 6.92 Å². The molecule has 0 aliphatic heterocycles. The second kappa shape index (κ2) is 12.0. The number of carbonyl (C=O) groups is 3. The molecular weight excluding hydrogens is 430 g/mol. The van der Waals surface area contributed by atoms with Gasteiger partial charge < -0.3 is 20.3 Å². The Morgan fingerprint density at radius 2 is 1.68 bits per heavy atom. The van der Waals surface area contributed by atoms with Crippen molar-refractivity contribution >= 4 is 17.9 Å². The third-order valence-electron chi connectivity index (χ3n) is 4.98. The zero-order valence-electron chi connectivity index (χ0n) is 20.6. The normalized spacial score (nSPS) is 12.7. The molecule has 0 saturated heterocycles.